The summed E-state index contributed by atoms with van der Waals surface area (Å²) in [6.07, 6.45) is 1.82. The fourth-order valence-electron chi connectivity index (χ4n) is 2.57. The highest BCUT2D eigenvalue weighted by Crippen LogP contribution is 2.44. The SMILES string of the molecule is O=C(NCC1(CO)CC1)c1ccccc1C(=O)c1ccc(Cl)cc1. The van der Waals surface area contributed by atoms with E-state index in [0.29, 0.717) is 28.3 Å². The molecule has 2 aromatic rings. The summed E-state index contributed by atoms with van der Waals surface area (Å²) in [6, 6.07) is 13.3. The third-order valence-electron chi connectivity index (χ3n) is 4.44. The summed E-state index contributed by atoms with van der Waals surface area (Å²) in [5, 5.41) is 12.7. The van der Waals surface area contributed by atoms with Gasteiger partial charge in [0.2, 0.25) is 0 Å². The molecule has 24 heavy (non-hydrogen) atoms. The van der Waals surface area contributed by atoms with Crippen molar-refractivity contribution in [1.29, 1.82) is 0 Å². The molecule has 1 aliphatic rings. The van der Waals surface area contributed by atoms with Gasteiger partial charge in [0, 0.05) is 28.1 Å². The zero-order chi connectivity index (χ0) is 17.2. The lowest BCUT2D eigenvalue weighted by molar-refractivity contribution is 0.0925. The Hall–Kier alpha value is -2.17. The number of amides is 1. The van der Waals surface area contributed by atoms with Gasteiger partial charge in [0.1, 0.15) is 0 Å². The lowest BCUT2D eigenvalue weighted by Gasteiger charge is -2.14. The number of carbonyl (C=O) groups excluding carboxylic acids is 2. The van der Waals surface area contributed by atoms with E-state index < -0.39 is 0 Å². The van der Waals surface area contributed by atoms with Gasteiger partial charge in [-0.3, -0.25) is 9.59 Å². The van der Waals surface area contributed by atoms with Gasteiger partial charge in [-0.2, -0.15) is 0 Å². The van der Waals surface area contributed by atoms with Crippen molar-refractivity contribution in [3.63, 3.8) is 0 Å². The first-order chi connectivity index (χ1) is 11.5. The highest BCUT2D eigenvalue weighted by molar-refractivity contribution is 6.30. The predicted octanol–water partition coefficient (Wildman–Crippen LogP) is 3.07. The van der Waals surface area contributed by atoms with Crippen molar-refractivity contribution in [2.45, 2.75) is 12.8 Å². The van der Waals surface area contributed by atoms with Crippen molar-refractivity contribution in [2.75, 3.05) is 13.2 Å². The summed E-state index contributed by atoms with van der Waals surface area (Å²) in [4.78, 5) is 25.2. The molecule has 4 nitrogen and oxygen atoms in total. The Morgan fingerprint density at radius 2 is 1.67 bits per heavy atom. The number of nitrogens with one attached hydrogen (secondary N) is 1. The fourth-order valence-corrected chi connectivity index (χ4v) is 2.69. The molecule has 0 aliphatic heterocycles. The van der Waals surface area contributed by atoms with Crippen molar-refractivity contribution < 1.29 is 14.7 Å². The summed E-state index contributed by atoms with van der Waals surface area (Å²) in [6.45, 7) is 0.491. The van der Waals surface area contributed by atoms with Crippen LogP contribution in [0.15, 0.2) is 48.5 Å². The predicted molar refractivity (Wildman–Crippen MR) is 92.4 cm³/mol. The number of hydrogen-bond acceptors (Lipinski definition) is 3. The highest BCUT2D eigenvalue weighted by atomic mass is 35.5. The maximum atomic E-state index is 12.7. The molecule has 2 N–H and O–H groups in total. The summed E-state index contributed by atoms with van der Waals surface area (Å²) < 4.78 is 0. The van der Waals surface area contributed by atoms with E-state index in [2.05, 4.69) is 5.32 Å². The first-order valence-electron chi connectivity index (χ1n) is 7.83. The summed E-state index contributed by atoms with van der Waals surface area (Å²) in [5.74, 6) is -0.520. The molecule has 0 aromatic heterocycles. The molecule has 1 saturated carbocycles. The molecule has 5 heteroatoms. The molecule has 0 heterocycles. The molecule has 2 aromatic carbocycles. The Morgan fingerprint density at radius 1 is 1.04 bits per heavy atom. The standard InChI is InChI=1S/C19H18ClNO3/c20-14-7-5-13(6-8-14)17(23)15-3-1-2-4-16(15)18(24)21-11-19(12-22)9-10-19/h1-8,22H,9-12H2,(H,21,24). The van der Waals surface area contributed by atoms with Crippen LogP contribution in [-0.4, -0.2) is 29.9 Å². The zero-order valence-electron chi connectivity index (χ0n) is 13.1. The lowest BCUT2D eigenvalue weighted by Crippen LogP contribution is -2.32. The smallest absolute Gasteiger partial charge is 0.252 e. The number of carbonyl (C=O) groups is 2. The van der Waals surface area contributed by atoms with Crippen molar-refractivity contribution in [3.8, 4) is 0 Å². The molecule has 1 amide bonds. The monoisotopic (exact) mass is 343 g/mol. The molecule has 0 bridgehead atoms. The van der Waals surface area contributed by atoms with E-state index in [0.717, 1.165) is 12.8 Å². The highest BCUT2D eigenvalue weighted by Gasteiger charge is 2.42. The summed E-state index contributed by atoms with van der Waals surface area (Å²) in [7, 11) is 0. The minimum absolute atomic E-state index is 0.0681. The van der Waals surface area contributed by atoms with Crippen molar-refractivity contribution in [3.05, 3.63) is 70.2 Å². The molecule has 0 unspecified atom stereocenters. The van der Waals surface area contributed by atoms with Gasteiger partial charge in [-0.05, 0) is 43.2 Å². The molecule has 1 aliphatic carbocycles. The van der Waals surface area contributed by atoms with Crippen LogP contribution < -0.4 is 5.32 Å². The van der Waals surface area contributed by atoms with Crippen LogP contribution in [0.4, 0.5) is 0 Å². The van der Waals surface area contributed by atoms with Crippen LogP contribution in [-0.2, 0) is 0 Å². The molecule has 1 fully saturated rings. The van der Waals surface area contributed by atoms with Crippen LogP contribution in [0.2, 0.25) is 5.02 Å². The Balaban J connectivity index is 1.80. The van der Waals surface area contributed by atoms with Crippen LogP contribution in [0.25, 0.3) is 0 Å². The van der Waals surface area contributed by atoms with Gasteiger partial charge in [-0.15, -0.1) is 0 Å². The van der Waals surface area contributed by atoms with Gasteiger partial charge in [-0.1, -0.05) is 29.8 Å². The number of aliphatic hydroxyl groups excluding tert-OH is 1. The number of rotatable bonds is 6. The van der Waals surface area contributed by atoms with E-state index in [9.17, 15) is 14.7 Å². The molecule has 0 atom stereocenters. The van der Waals surface area contributed by atoms with Crippen molar-refractivity contribution >= 4 is 23.3 Å². The van der Waals surface area contributed by atoms with Gasteiger partial charge in [0.25, 0.3) is 5.91 Å². The van der Waals surface area contributed by atoms with Crippen LogP contribution in [0.3, 0.4) is 0 Å². The number of hydrogen-bond donors (Lipinski definition) is 2. The van der Waals surface area contributed by atoms with Crippen molar-refractivity contribution in [2.24, 2.45) is 5.41 Å². The maximum absolute atomic E-state index is 12.7. The molecule has 124 valence electrons. The average Bonchev–Trinajstić information content (AvgIpc) is 3.40. The van der Waals surface area contributed by atoms with Crippen LogP contribution >= 0.6 is 11.6 Å². The van der Waals surface area contributed by atoms with E-state index in [-0.39, 0.29) is 23.7 Å². The normalized spacial score (nSPS) is 14.9. The van der Waals surface area contributed by atoms with E-state index in [1.54, 1.807) is 48.5 Å². The van der Waals surface area contributed by atoms with Crippen molar-refractivity contribution in [1.82, 2.24) is 5.32 Å². The second-order valence-electron chi connectivity index (χ2n) is 6.22. The molecular formula is C19H18ClNO3. The van der Waals surface area contributed by atoms with E-state index in [1.807, 2.05) is 0 Å². The summed E-state index contributed by atoms with van der Waals surface area (Å²) in [5.41, 5.74) is 0.996. The topological polar surface area (TPSA) is 66.4 Å². The van der Waals surface area contributed by atoms with Gasteiger partial charge < -0.3 is 10.4 Å². The largest absolute Gasteiger partial charge is 0.396 e. The third kappa shape index (κ3) is 3.50. The average molecular weight is 344 g/mol. The molecule has 0 radical (unpaired) electrons. The second kappa shape index (κ2) is 6.75. The fraction of sp³-hybridized carbons (Fsp3) is 0.263. The third-order valence-corrected chi connectivity index (χ3v) is 4.69. The lowest BCUT2D eigenvalue weighted by atomic mass is 9.97. The zero-order valence-corrected chi connectivity index (χ0v) is 13.8. The quantitative estimate of drug-likeness (QED) is 0.792. The van der Waals surface area contributed by atoms with E-state index in [4.69, 9.17) is 11.6 Å². The Labute approximate surface area is 145 Å². The number of ketones is 1. The summed E-state index contributed by atoms with van der Waals surface area (Å²) >= 11 is 5.85. The van der Waals surface area contributed by atoms with Gasteiger partial charge in [-0.25, -0.2) is 0 Å². The van der Waals surface area contributed by atoms with Crippen LogP contribution in [0.1, 0.15) is 39.1 Å². The molecular weight excluding hydrogens is 326 g/mol. The second-order valence-corrected chi connectivity index (χ2v) is 6.66. The Kier molecular flexibility index (Phi) is 4.69. The number of benzene rings is 2. The molecule has 0 saturated heterocycles. The Bertz CT molecular complexity index is 766. The van der Waals surface area contributed by atoms with E-state index >= 15 is 0 Å². The van der Waals surface area contributed by atoms with Gasteiger partial charge in [0.15, 0.2) is 5.78 Å². The number of aliphatic hydroxyl groups is 1. The molecule has 0 spiro atoms. The van der Waals surface area contributed by atoms with Gasteiger partial charge in [0.05, 0.1) is 12.2 Å². The van der Waals surface area contributed by atoms with Gasteiger partial charge >= 0.3 is 0 Å². The van der Waals surface area contributed by atoms with Crippen LogP contribution in [0, 0.1) is 5.41 Å². The first-order valence-corrected chi connectivity index (χ1v) is 8.21. The van der Waals surface area contributed by atoms with E-state index in [1.165, 1.54) is 0 Å². The number of halogens is 1. The minimum atomic E-state index is -0.298. The first kappa shape index (κ1) is 16.7. The molecule has 3 rings (SSSR count). The Morgan fingerprint density at radius 3 is 2.25 bits per heavy atom. The van der Waals surface area contributed by atoms with Crippen LogP contribution in [0.5, 0.6) is 0 Å². The maximum Gasteiger partial charge on any atom is 0.252 e. The minimum Gasteiger partial charge on any atom is -0.396 e.